The Morgan fingerprint density at radius 3 is 2.62 bits per heavy atom. The highest BCUT2D eigenvalue weighted by atomic mass is 16.4. The van der Waals surface area contributed by atoms with E-state index in [1.54, 1.807) is 24.3 Å². The van der Waals surface area contributed by atoms with Crippen LogP contribution in [-0.2, 0) is 11.3 Å². The fourth-order valence-corrected chi connectivity index (χ4v) is 1.26. The molecule has 16 heavy (non-hydrogen) atoms. The van der Waals surface area contributed by atoms with E-state index >= 15 is 0 Å². The number of hydrogen-bond donors (Lipinski definition) is 3. The molecule has 5 nitrogen and oxygen atoms in total. The van der Waals surface area contributed by atoms with Crippen LogP contribution >= 0.6 is 0 Å². The van der Waals surface area contributed by atoms with E-state index in [2.05, 4.69) is 5.32 Å². The van der Waals surface area contributed by atoms with Crippen molar-refractivity contribution in [2.45, 2.75) is 19.5 Å². The third kappa shape index (κ3) is 2.80. The zero-order valence-corrected chi connectivity index (χ0v) is 8.93. The molecule has 0 spiro atoms. The molecular formula is C11H14N2O3. The van der Waals surface area contributed by atoms with Crippen LogP contribution in [-0.4, -0.2) is 23.0 Å². The van der Waals surface area contributed by atoms with Crippen molar-refractivity contribution < 1.29 is 14.7 Å². The number of nitrogens with one attached hydrogen (secondary N) is 1. The van der Waals surface area contributed by atoms with Crippen LogP contribution in [0.15, 0.2) is 24.3 Å². The summed E-state index contributed by atoms with van der Waals surface area (Å²) in [6.07, 6.45) is 0. The zero-order chi connectivity index (χ0) is 12.1. The molecule has 0 heterocycles. The summed E-state index contributed by atoms with van der Waals surface area (Å²) in [6, 6.07) is 5.92. The van der Waals surface area contributed by atoms with E-state index in [1.807, 2.05) is 0 Å². The summed E-state index contributed by atoms with van der Waals surface area (Å²) >= 11 is 0. The molecule has 0 saturated heterocycles. The quantitative estimate of drug-likeness (QED) is 0.685. The van der Waals surface area contributed by atoms with Crippen LogP contribution < -0.4 is 11.1 Å². The second kappa shape index (κ2) is 5.27. The number of rotatable bonds is 4. The number of carbonyl (C=O) groups excluding carboxylic acids is 1. The maximum absolute atomic E-state index is 11.7. The van der Waals surface area contributed by atoms with Crippen molar-refractivity contribution in [1.29, 1.82) is 0 Å². The third-order valence-corrected chi connectivity index (χ3v) is 2.20. The summed E-state index contributed by atoms with van der Waals surface area (Å²) in [5.41, 5.74) is 6.59. The van der Waals surface area contributed by atoms with E-state index in [0.29, 0.717) is 11.1 Å². The van der Waals surface area contributed by atoms with E-state index in [-0.39, 0.29) is 6.54 Å². The number of hydrogen-bond acceptors (Lipinski definition) is 3. The first-order valence-electron chi connectivity index (χ1n) is 4.88. The van der Waals surface area contributed by atoms with Crippen molar-refractivity contribution in [2.24, 2.45) is 5.73 Å². The molecule has 0 bridgehead atoms. The van der Waals surface area contributed by atoms with Crippen molar-refractivity contribution >= 4 is 11.9 Å². The highest BCUT2D eigenvalue weighted by Crippen LogP contribution is 2.07. The third-order valence-electron chi connectivity index (χ3n) is 2.20. The molecule has 0 fully saturated rings. The Morgan fingerprint density at radius 1 is 1.44 bits per heavy atom. The van der Waals surface area contributed by atoms with Gasteiger partial charge in [-0.3, -0.25) is 9.59 Å². The van der Waals surface area contributed by atoms with E-state index in [4.69, 9.17) is 10.8 Å². The van der Waals surface area contributed by atoms with Gasteiger partial charge < -0.3 is 16.2 Å². The maximum Gasteiger partial charge on any atom is 0.325 e. The summed E-state index contributed by atoms with van der Waals surface area (Å²) in [5, 5.41) is 11.0. The molecule has 1 unspecified atom stereocenters. The van der Waals surface area contributed by atoms with Gasteiger partial charge in [-0.2, -0.15) is 0 Å². The van der Waals surface area contributed by atoms with E-state index in [9.17, 15) is 9.59 Å². The SMILES string of the molecule is CC(NC(=O)c1ccccc1CN)C(=O)O. The normalized spacial score (nSPS) is 11.9. The molecule has 4 N–H and O–H groups in total. The van der Waals surface area contributed by atoms with Gasteiger partial charge in [0.25, 0.3) is 5.91 Å². The van der Waals surface area contributed by atoms with E-state index in [0.717, 1.165) is 0 Å². The second-order valence-corrected chi connectivity index (χ2v) is 3.39. The lowest BCUT2D eigenvalue weighted by molar-refractivity contribution is -0.138. The molecule has 1 aromatic carbocycles. The lowest BCUT2D eigenvalue weighted by Gasteiger charge is -2.11. The monoisotopic (exact) mass is 222 g/mol. The van der Waals surface area contributed by atoms with Gasteiger partial charge in [0.1, 0.15) is 6.04 Å². The van der Waals surface area contributed by atoms with Crippen LogP contribution in [0, 0.1) is 0 Å². The van der Waals surface area contributed by atoms with Gasteiger partial charge in [0.15, 0.2) is 0 Å². The summed E-state index contributed by atoms with van der Waals surface area (Å²) in [7, 11) is 0. The molecule has 0 aliphatic rings. The molecule has 0 aliphatic heterocycles. The highest BCUT2D eigenvalue weighted by molar-refractivity contribution is 5.97. The van der Waals surface area contributed by atoms with Gasteiger partial charge in [-0.05, 0) is 18.6 Å². The number of nitrogens with two attached hydrogens (primary N) is 1. The molecule has 1 amide bonds. The fourth-order valence-electron chi connectivity index (χ4n) is 1.26. The van der Waals surface area contributed by atoms with Crippen LogP contribution in [0.2, 0.25) is 0 Å². The number of carboxylic acid groups (broad SMARTS) is 1. The van der Waals surface area contributed by atoms with Gasteiger partial charge >= 0.3 is 5.97 Å². The average Bonchev–Trinajstić information content (AvgIpc) is 2.28. The van der Waals surface area contributed by atoms with Crippen molar-refractivity contribution in [2.75, 3.05) is 0 Å². The highest BCUT2D eigenvalue weighted by Gasteiger charge is 2.16. The minimum Gasteiger partial charge on any atom is -0.480 e. The van der Waals surface area contributed by atoms with E-state index < -0.39 is 17.9 Å². The predicted octanol–water partition coefficient (Wildman–Crippen LogP) is 0.348. The summed E-state index contributed by atoms with van der Waals surface area (Å²) in [6.45, 7) is 1.65. The Balaban J connectivity index is 2.84. The Hall–Kier alpha value is -1.88. The molecule has 5 heteroatoms. The topological polar surface area (TPSA) is 92.4 Å². The van der Waals surface area contributed by atoms with Crippen LogP contribution in [0.3, 0.4) is 0 Å². The van der Waals surface area contributed by atoms with Gasteiger partial charge in [-0.25, -0.2) is 0 Å². The predicted molar refractivity (Wildman–Crippen MR) is 58.9 cm³/mol. The van der Waals surface area contributed by atoms with Crippen LogP contribution in [0.5, 0.6) is 0 Å². The molecule has 0 aliphatic carbocycles. The van der Waals surface area contributed by atoms with Crippen LogP contribution in [0.25, 0.3) is 0 Å². The minimum atomic E-state index is -1.07. The number of aliphatic carboxylic acids is 1. The largest absolute Gasteiger partial charge is 0.480 e. The number of carboxylic acids is 1. The maximum atomic E-state index is 11.7. The first kappa shape index (κ1) is 12.2. The molecule has 1 atom stereocenters. The summed E-state index contributed by atoms with van der Waals surface area (Å²) in [4.78, 5) is 22.3. The smallest absolute Gasteiger partial charge is 0.325 e. The summed E-state index contributed by atoms with van der Waals surface area (Å²) in [5.74, 6) is -1.49. The average molecular weight is 222 g/mol. The van der Waals surface area contributed by atoms with Crippen LogP contribution in [0.1, 0.15) is 22.8 Å². The van der Waals surface area contributed by atoms with Crippen molar-refractivity contribution in [3.8, 4) is 0 Å². The second-order valence-electron chi connectivity index (χ2n) is 3.39. The van der Waals surface area contributed by atoms with Crippen molar-refractivity contribution in [1.82, 2.24) is 5.32 Å². The molecule has 1 aromatic rings. The molecule has 0 aromatic heterocycles. The first-order chi connectivity index (χ1) is 7.56. The standard InChI is InChI=1S/C11H14N2O3/c1-7(11(15)16)13-10(14)9-5-3-2-4-8(9)6-12/h2-5,7H,6,12H2,1H3,(H,13,14)(H,15,16). The Labute approximate surface area is 93.3 Å². The molecule has 0 saturated carbocycles. The first-order valence-corrected chi connectivity index (χ1v) is 4.88. The van der Waals surface area contributed by atoms with Gasteiger partial charge in [-0.15, -0.1) is 0 Å². The van der Waals surface area contributed by atoms with Gasteiger partial charge in [0.05, 0.1) is 0 Å². The molecule has 86 valence electrons. The van der Waals surface area contributed by atoms with Gasteiger partial charge in [0, 0.05) is 12.1 Å². The Bertz CT molecular complexity index is 404. The molecule has 0 radical (unpaired) electrons. The van der Waals surface area contributed by atoms with Crippen LogP contribution in [0.4, 0.5) is 0 Å². The number of benzene rings is 1. The van der Waals surface area contributed by atoms with E-state index in [1.165, 1.54) is 6.92 Å². The van der Waals surface area contributed by atoms with Crippen molar-refractivity contribution in [3.63, 3.8) is 0 Å². The fraction of sp³-hybridized carbons (Fsp3) is 0.273. The number of amides is 1. The lowest BCUT2D eigenvalue weighted by Crippen LogP contribution is -2.38. The number of carbonyl (C=O) groups is 2. The Kier molecular flexibility index (Phi) is 4.02. The summed E-state index contributed by atoms with van der Waals surface area (Å²) < 4.78 is 0. The molecule has 1 rings (SSSR count). The minimum absolute atomic E-state index is 0.241. The zero-order valence-electron chi connectivity index (χ0n) is 8.93. The van der Waals surface area contributed by atoms with Gasteiger partial charge in [-0.1, -0.05) is 18.2 Å². The Morgan fingerprint density at radius 2 is 2.06 bits per heavy atom. The van der Waals surface area contributed by atoms with Crippen molar-refractivity contribution in [3.05, 3.63) is 35.4 Å². The lowest BCUT2D eigenvalue weighted by atomic mass is 10.1. The molecular weight excluding hydrogens is 208 g/mol. The van der Waals surface area contributed by atoms with Gasteiger partial charge in [0.2, 0.25) is 0 Å².